The van der Waals surface area contributed by atoms with Crippen molar-refractivity contribution in [1.82, 2.24) is 15.1 Å². The molecule has 1 saturated heterocycles. The first-order valence-electron chi connectivity index (χ1n) is 9.01. The number of carbonyl (C=O) groups excluding carboxylic acids is 2. The fourth-order valence-corrected chi connectivity index (χ4v) is 3.00. The standard InChI is InChI=1S/C18H23F3N4O2/c1-12(16(26)22-14-5-6-14)24-7-9-25(10-8-24)17(27)23-15-4-2-3-13(11-15)18(19,20)21/h2-4,11-12,14H,5-10H2,1H3,(H,22,26)(H,23,27). The number of nitrogens with zero attached hydrogens (tertiary/aromatic N) is 2. The van der Waals surface area contributed by atoms with E-state index in [1.165, 1.54) is 12.1 Å². The highest BCUT2D eigenvalue weighted by Crippen LogP contribution is 2.30. The van der Waals surface area contributed by atoms with Crippen LogP contribution in [0.5, 0.6) is 0 Å². The molecule has 2 fully saturated rings. The van der Waals surface area contributed by atoms with Crippen molar-refractivity contribution in [3.63, 3.8) is 0 Å². The van der Waals surface area contributed by atoms with Gasteiger partial charge >= 0.3 is 12.2 Å². The maximum atomic E-state index is 12.8. The summed E-state index contributed by atoms with van der Waals surface area (Å²) in [6, 6.07) is 4.16. The number of nitrogens with one attached hydrogen (secondary N) is 2. The van der Waals surface area contributed by atoms with Gasteiger partial charge in [-0.2, -0.15) is 13.2 Å². The van der Waals surface area contributed by atoms with Crippen molar-refractivity contribution >= 4 is 17.6 Å². The number of anilines is 1. The topological polar surface area (TPSA) is 64.7 Å². The Balaban J connectivity index is 1.50. The summed E-state index contributed by atoms with van der Waals surface area (Å²) in [5.41, 5.74) is -0.699. The molecule has 2 aliphatic rings. The molecule has 1 heterocycles. The number of hydrogen-bond acceptors (Lipinski definition) is 3. The molecular formula is C18H23F3N4O2. The molecule has 148 valence electrons. The molecule has 0 radical (unpaired) electrons. The molecule has 6 nitrogen and oxygen atoms in total. The van der Waals surface area contributed by atoms with Crippen LogP contribution in [-0.2, 0) is 11.0 Å². The average molecular weight is 384 g/mol. The lowest BCUT2D eigenvalue weighted by atomic mass is 10.2. The van der Waals surface area contributed by atoms with Gasteiger partial charge in [-0.05, 0) is 38.0 Å². The molecule has 27 heavy (non-hydrogen) atoms. The summed E-state index contributed by atoms with van der Waals surface area (Å²) in [6.45, 7) is 3.73. The maximum absolute atomic E-state index is 12.8. The number of amides is 3. The van der Waals surface area contributed by atoms with Gasteiger partial charge in [0.1, 0.15) is 0 Å². The number of carbonyl (C=O) groups is 2. The van der Waals surface area contributed by atoms with E-state index in [0.717, 1.165) is 25.0 Å². The van der Waals surface area contributed by atoms with Crippen LogP contribution in [0.25, 0.3) is 0 Å². The Hall–Kier alpha value is -2.29. The van der Waals surface area contributed by atoms with Crippen LogP contribution in [-0.4, -0.2) is 60.0 Å². The van der Waals surface area contributed by atoms with Crippen LogP contribution in [0.3, 0.4) is 0 Å². The molecule has 1 unspecified atom stereocenters. The minimum atomic E-state index is -4.45. The summed E-state index contributed by atoms with van der Waals surface area (Å²) in [4.78, 5) is 28.0. The van der Waals surface area contributed by atoms with Gasteiger partial charge in [0.05, 0.1) is 11.6 Å². The van der Waals surface area contributed by atoms with Gasteiger partial charge in [-0.25, -0.2) is 4.79 Å². The molecule has 0 aromatic heterocycles. The third-order valence-electron chi connectivity index (χ3n) is 4.89. The summed E-state index contributed by atoms with van der Waals surface area (Å²) >= 11 is 0. The number of benzene rings is 1. The molecule has 1 atom stereocenters. The van der Waals surface area contributed by atoms with Crippen molar-refractivity contribution in [3.8, 4) is 0 Å². The molecule has 1 aliphatic heterocycles. The molecule has 1 aromatic carbocycles. The van der Waals surface area contributed by atoms with Crippen molar-refractivity contribution in [2.24, 2.45) is 0 Å². The van der Waals surface area contributed by atoms with E-state index < -0.39 is 17.8 Å². The number of halogens is 3. The van der Waals surface area contributed by atoms with E-state index in [1.54, 1.807) is 4.90 Å². The van der Waals surface area contributed by atoms with E-state index >= 15 is 0 Å². The van der Waals surface area contributed by atoms with Gasteiger partial charge < -0.3 is 15.5 Å². The Kier molecular flexibility index (Phi) is 5.59. The minimum absolute atomic E-state index is 0.000586. The molecular weight excluding hydrogens is 361 g/mol. The first kappa shape index (κ1) is 19.5. The van der Waals surface area contributed by atoms with Crippen LogP contribution in [0.4, 0.5) is 23.7 Å². The molecule has 3 rings (SSSR count). The zero-order valence-electron chi connectivity index (χ0n) is 15.1. The Morgan fingerprint density at radius 1 is 1.15 bits per heavy atom. The molecule has 2 N–H and O–H groups in total. The van der Waals surface area contributed by atoms with Crippen LogP contribution in [0.15, 0.2) is 24.3 Å². The Morgan fingerprint density at radius 2 is 1.81 bits per heavy atom. The maximum Gasteiger partial charge on any atom is 0.416 e. The van der Waals surface area contributed by atoms with Gasteiger partial charge in [0.15, 0.2) is 0 Å². The predicted octanol–water partition coefficient (Wildman–Crippen LogP) is 2.52. The second-order valence-electron chi connectivity index (χ2n) is 6.99. The van der Waals surface area contributed by atoms with Gasteiger partial charge in [-0.15, -0.1) is 0 Å². The summed E-state index contributed by atoms with van der Waals surface area (Å²) in [5.74, 6) is -0.000586. The number of piperazine rings is 1. The monoisotopic (exact) mass is 384 g/mol. The van der Waals surface area contributed by atoms with Gasteiger partial charge in [-0.3, -0.25) is 9.69 Å². The van der Waals surface area contributed by atoms with Gasteiger partial charge in [-0.1, -0.05) is 6.07 Å². The average Bonchev–Trinajstić information content (AvgIpc) is 3.44. The van der Waals surface area contributed by atoms with Crippen molar-refractivity contribution in [2.45, 2.75) is 38.0 Å². The number of rotatable bonds is 4. The quantitative estimate of drug-likeness (QED) is 0.839. The summed E-state index contributed by atoms with van der Waals surface area (Å²) in [7, 11) is 0. The normalized spacial score (nSPS) is 19.5. The molecule has 1 saturated carbocycles. The molecule has 9 heteroatoms. The summed E-state index contributed by atoms with van der Waals surface area (Å²) < 4.78 is 38.3. The SMILES string of the molecule is CC(C(=O)NC1CC1)N1CCN(C(=O)Nc2cccc(C(F)(F)F)c2)CC1. The molecule has 1 aliphatic carbocycles. The highest BCUT2D eigenvalue weighted by molar-refractivity contribution is 5.89. The van der Waals surface area contributed by atoms with Crippen molar-refractivity contribution in [2.75, 3.05) is 31.5 Å². The van der Waals surface area contributed by atoms with Crippen LogP contribution >= 0.6 is 0 Å². The fourth-order valence-electron chi connectivity index (χ4n) is 3.00. The van der Waals surface area contributed by atoms with Crippen LogP contribution in [0, 0.1) is 0 Å². The second kappa shape index (κ2) is 7.75. The van der Waals surface area contributed by atoms with E-state index in [4.69, 9.17) is 0 Å². The zero-order chi connectivity index (χ0) is 19.6. The molecule has 3 amide bonds. The van der Waals surface area contributed by atoms with E-state index in [-0.39, 0.29) is 17.6 Å². The third kappa shape index (κ3) is 5.12. The van der Waals surface area contributed by atoms with Crippen molar-refractivity contribution in [1.29, 1.82) is 0 Å². The third-order valence-corrected chi connectivity index (χ3v) is 4.89. The van der Waals surface area contributed by atoms with Gasteiger partial charge in [0, 0.05) is 37.9 Å². The lowest BCUT2D eigenvalue weighted by Crippen LogP contribution is -2.55. The Labute approximate surface area is 155 Å². The van der Waals surface area contributed by atoms with Crippen molar-refractivity contribution in [3.05, 3.63) is 29.8 Å². The molecule has 1 aromatic rings. The lowest BCUT2D eigenvalue weighted by molar-refractivity contribution is -0.137. The first-order chi connectivity index (χ1) is 12.7. The number of hydrogen-bond donors (Lipinski definition) is 2. The lowest BCUT2D eigenvalue weighted by Gasteiger charge is -2.37. The highest BCUT2D eigenvalue weighted by Gasteiger charge is 2.32. The van der Waals surface area contributed by atoms with Crippen LogP contribution in [0.2, 0.25) is 0 Å². The zero-order valence-corrected chi connectivity index (χ0v) is 15.1. The predicted molar refractivity (Wildman–Crippen MR) is 94.2 cm³/mol. The van der Waals surface area contributed by atoms with Gasteiger partial charge in [0.2, 0.25) is 5.91 Å². The first-order valence-corrected chi connectivity index (χ1v) is 9.01. The Bertz CT molecular complexity index is 698. The second-order valence-corrected chi connectivity index (χ2v) is 6.99. The largest absolute Gasteiger partial charge is 0.416 e. The fraction of sp³-hybridized carbons (Fsp3) is 0.556. The highest BCUT2D eigenvalue weighted by atomic mass is 19.4. The summed E-state index contributed by atoms with van der Waals surface area (Å²) in [5, 5.41) is 5.48. The van der Waals surface area contributed by atoms with E-state index in [9.17, 15) is 22.8 Å². The Morgan fingerprint density at radius 3 is 2.41 bits per heavy atom. The number of alkyl halides is 3. The molecule has 0 spiro atoms. The van der Waals surface area contributed by atoms with Crippen LogP contribution in [0.1, 0.15) is 25.3 Å². The molecule has 0 bridgehead atoms. The van der Waals surface area contributed by atoms with Crippen molar-refractivity contribution < 1.29 is 22.8 Å². The van der Waals surface area contributed by atoms with E-state index in [0.29, 0.717) is 32.2 Å². The van der Waals surface area contributed by atoms with E-state index in [2.05, 4.69) is 10.6 Å². The van der Waals surface area contributed by atoms with Crippen LogP contribution < -0.4 is 10.6 Å². The number of urea groups is 1. The summed E-state index contributed by atoms with van der Waals surface area (Å²) in [6.07, 6.45) is -2.40. The smallest absolute Gasteiger partial charge is 0.352 e. The van der Waals surface area contributed by atoms with E-state index in [1.807, 2.05) is 11.8 Å². The minimum Gasteiger partial charge on any atom is -0.352 e. The van der Waals surface area contributed by atoms with Gasteiger partial charge in [0.25, 0.3) is 0 Å².